The molecule has 0 aliphatic heterocycles. The molecule has 0 N–H and O–H groups in total. The van der Waals surface area contributed by atoms with Crippen LogP contribution < -0.4 is 0 Å². The zero-order valence-corrected chi connectivity index (χ0v) is 13.6. The van der Waals surface area contributed by atoms with E-state index in [1.54, 1.807) is 17.9 Å². The first-order valence-corrected chi connectivity index (χ1v) is 7.62. The third-order valence-corrected chi connectivity index (χ3v) is 4.36. The number of halogens is 1. The summed E-state index contributed by atoms with van der Waals surface area (Å²) in [6.07, 6.45) is 2.63. The van der Waals surface area contributed by atoms with Crippen LogP contribution in [-0.4, -0.2) is 15.6 Å². The molecule has 1 aromatic carbocycles. The Morgan fingerprint density at radius 3 is 2.50 bits per heavy atom. The maximum atomic E-state index is 13.0. The van der Waals surface area contributed by atoms with E-state index in [1.165, 1.54) is 0 Å². The number of carbonyl (C=O) groups is 1. The summed E-state index contributed by atoms with van der Waals surface area (Å²) in [5, 5.41) is 4.15. The molecule has 1 heterocycles. The molecular formula is C16H19BrN2O. The Hall–Kier alpha value is -1.42. The van der Waals surface area contributed by atoms with E-state index in [1.807, 2.05) is 30.3 Å². The van der Waals surface area contributed by atoms with Crippen molar-refractivity contribution in [2.24, 2.45) is 13.0 Å². The Morgan fingerprint density at radius 1 is 1.35 bits per heavy atom. The molecule has 2 unspecified atom stereocenters. The summed E-state index contributed by atoms with van der Waals surface area (Å²) in [4.78, 5) is 13.0. The highest BCUT2D eigenvalue weighted by Crippen LogP contribution is 2.32. The molecule has 0 aliphatic rings. The summed E-state index contributed by atoms with van der Waals surface area (Å²) in [6, 6.07) is 9.99. The molecular weight excluding hydrogens is 316 g/mol. The highest BCUT2D eigenvalue weighted by atomic mass is 79.9. The lowest BCUT2D eigenvalue weighted by Crippen LogP contribution is -2.22. The molecule has 3 nitrogen and oxygen atoms in total. The number of hydrogen-bond donors (Lipinski definition) is 0. The van der Waals surface area contributed by atoms with Gasteiger partial charge in [-0.25, -0.2) is 0 Å². The number of benzene rings is 1. The first kappa shape index (κ1) is 15.0. The summed E-state index contributed by atoms with van der Waals surface area (Å²) in [6.45, 7) is 4.24. The fourth-order valence-corrected chi connectivity index (χ4v) is 3.01. The predicted molar refractivity (Wildman–Crippen MR) is 83.9 cm³/mol. The van der Waals surface area contributed by atoms with Crippen molar-refractivity contribution in [3.8, 4) is 0 Å². The highest BCUT2D eigenvalue weighted by Gasteiger charge is 2.30. The second-order valence-electron chi connectivity index (χ2n) is 5.10. The van der Waals surface area contributed by atoms with E-state index in [2.05, 4.69) is 34.9 Å². The van der Waals surface area contributed by atoms with Crippen LogP contribution in [0.2, 0.25) is 0 Å². The fraction of sp³-hybridized carbons (Fsp3) is 0.375. The Balaban J connectivity index is 2.45. The number of aromatic nitrogens is 2. The van der Waals surface area contributed by atoms with Crippen molar-refractivity contribution in [1.29, 1.82) is 0 Å². The number of ketones is 1. The first-order valence-electron chi connectivity index (χ1n) is 6.82. The van der Waals surface area contributed by atoms with Crippen LogP contribution in [0.4, 0.5) is 0 Å². The Kier molecular flexibility index (Phi) is 4.76. The number of carbonyl (C=O) groups excluding carboxylic acids is 1. The molecule has 0 saturated heterocycles. The first-order chi connectivity index (χ1) is 9.56. The molecule has 106 valence electrons. The van der Waals surface area contributed by atoms with Crippen LogP contribution in [0.5, 0.6) is 0 Å². The van der Waals surface area contributed by atoms with Crippen LogP contribution in [0.1, 0.15) is 42.2 Å². The molecule has 0 fully saturated rings. The van der Waals surface area contributed by atoms with Crippen molar-refractivity contribution in [1.82, 2.24) is 9.78 Å². The van der Waals surface area contributed by atoms with Crippen molar-refractivity contribution in [2.45, 2.75) is 26.2 Å². The average molecular weight is 335 g/mol. The van der Waals surface area contributed by atoms with Gasteiger partial charge in [0.1, 0.15) is 5.69 Å². The molecule has 1 aromatic heterocycles. The summed E-state index contributed by atoms with van der Waals surface area (Å²) in [5.41, 5.74) is 1.71. The van der Waals surface area contributed by atoms with E-state index in [4.69, 9.17) is 0 Å². The van der Waals surface area contributed by atoms with Crippen LogP contribution in [0.25, 0.3) is 0 Å². The van der Waals surface area contributed by atoms with Crippen LogP contribution in [-0.2, 0) is 7.05 Å². The van der Waals surface area contributed by atoms with Gasteiger partial charge >= 0.3 is 0 Å². The van der Waals surface area contributed by atoms with Crippen molar-refractivity contribution in [3.05, 3.63) is 52.3 Å². The fourth-order valence-electron chi connectivity index (χ4n) is 2.47. The van der Waals surface area contributed by atoms with E-state index in [9.17, 15) is 4.79 Å². The average Bonchev–Trinajstić information content (AvgIpc) is 2.79. The minimum Gasteiger partial charge on any atom is -0.292 e. The van der Waals surface area contributed by atoms with E-state index in [0.717, 1.165) is 16.5 Å². The van der Waals surface area contributed by atoms with Gasteiger partial charge in [0, 0.05) is 7.05 Å². The summed E-state index contributed by atoms with van der Waals surface area (Å²) >= 11 is 3.43. The second-order valence-corrected chi connectivity index (χ2v) is 5.96. The van der Waals surface area contributed by atoms with E-state index in [0.29, 0.717) is 5.69 Å². The van der Waals surface area contributed by atoms with E-state index in [-0.39, 0.29) is 17.6 Å². The molecule has 0 aliphatic carbocycles. The largest absolute Gasteiger partial charge is 0.292 e. The molecule has 0 radical (unpaired) electrons. The number of hydrogen-bond acceptors (Lipinski definition) is 2. The maximum Gasteiger partial charge on any atom is 0.189 e. The normalized spacial score (nSPS) is 14.0. The highest BCUT2D eigenvalue weighted by molar-refractivity contribution is 9.10. The van der Waals surface area contributed by atoms with E-state index >= 15 is 0 Å². The Bertz CT molecular complexity index is 572. The number of aryl methyl sites for hydroxylation is 1. The summed E-state index contributed by atoms with van der Waals surface area (Å²) in [5.74, 6) is 0.275. The SMILES string of the molecule is CCC(C)C(C(=O)c1c(Br)cnn1C)c1ccccc1. The van der Waals surface area contributed by atoms with Gasteiger partial charge < -0.3 is 0 Å². The van der Waals surface area contributed by atoms with Crippen molar-refractivity contribution in [3.63, 3.8) is 0 Å². The molecule has 0 bridgehead atoms. The zero-order chi connectivity index (χ0) is 14.7. The molecule has 2 rings (SSSR count). The van der Waals surface area contributed by atoms with Crippen molar-refractivity contribution in [2.75, 3.05) is 0 Å². The van der Waals surface area contributed by atoms with Crippen LogP contribution >= 0.6 is 15.9 Å². The molecule has 2 aromatic rings. The topological polar surface area (TPSA) is 34.9 Å². The van der Waals surface area contributed by atoms with Crippen molar-refractivity contribution >= 4 is 21.7 Å². The molecule has 20 heavy (non-hydrogen) atoms. The van der Waals surface area contributed by atoms with Gasteiger partial charge in [0.25, 0.3) is 0 Å². The minimum absolute atomic E-state index is 0.123. The molecule has 2 atom stereocenters. The number of nitrogens with zero attached hydrogens (tertiary/aromatic N) is 2. The lowest BCUT2D eigenvalue weighted by molar-refractivity contribution is 0.0921. The third kappa shape index (κ3) is 2.85. The van der Waals surface area contributed by atoms with Crippen molar-refractivity contribution < 1.29 is 4.79 Å². The van der Waals surface area contributed by atoms with Crippen LogP contribution in [0, 0.1) is 5.92 Å². The molecule has 0 spiro atoms. The van der Waals surface area contributed by atoms with Gasteiger partial charge in [0.2, 0.25) is 0 Å². The third-order valence-electron chi connectivity index (χ3n) is 3.78. The van der Waals surface area contributed by atoms with Gasteiger partial charge in [-0.3, -0.25) is 9.48 Å². The predicted octanol–water partition coefficient (Wildman–Crippen LogP) is 4.20. The lowest BCUT2D eigenvalue weighted by Gasteiger charge is -2.22. The van der Waals surface area contributed by atoms with Gasteiger partial charge in [-0.1, -0.05) is 50.6 Å². The molecule has 0 amide bonds. The summed E-state index contributed by atoms with van der Waals surface area (Å²) in [7, 11) is 1.80. The van der Waals surface area contributed by atoms with Crippen LogP contribution in [0.3, 0.4) is 0 Å². The summed E-state index contributed by atoms with van der Waals surface area (Å²) < 4.78 is 2.40. The molecule has 4 heteroatoms. The quantitative estimate of drug-likeness (QED) is 0.768. The smallest absolute Gasteiger partial charge is 0.189 e. The van der Waals surface area contributed by atoms with E-state index < -0.39 is 0 Å². The Morgan fingerprint density at radius 2 is 2.00 bits per heavy atom. The standard InChI is InChI=1S/C16H19BrN2O/c1-4-11(2)14(12-8-6-5-7-9-12)16(20)15-13(17)10-18-19(15)3/h5-11,14H,4H2,1-3H3. The monoisotopic (exact) mass is 334 g/mol. The lowest BCUT2D eigenvalue weighted by atomic mass is 9.81. The van der Waals surface area contributed by atoms with Gasteiger partial charge in [0.05, 0.1) is 16.6 Å². The second kappa shape index (κ2) is 6.35. The van der Waals surface area contributed by atoms with Gasteiger partial charge in [-0.15, -0.1) is 0 Å². The number of Topliss-reactive ketones (excluding diaryl/α,β-unsaturated/α-hetero) is 1. The zero-order valence-electron chi connectivity index (χ0n) is 12.0. The van der Waals surface area contributed by atoms with Gasteiger partial charge in [-0.05, 0) is 27.4 Å². The van der Waals surface area contributed by atoms with Gasteiger partial charge in [-0.2, -0.15) is 5.10 Å². The maximum absolute atomic E-state index is 13.0. The number of rotatable bonds is 5. The minimum atomic E-state index is -0.132. The molecule has 0 saturated carbocycles. The Labute approximate surface area is 128 Å². The van der Waals surface area contributed by atoms with Gasteiger partial charge in [0.15, 0.2) is 5.78 Å². The van der Waals surface area contributed by atoms with Crippen LogP contribution in [0.15, 0.2) is 41.0 Å².